The van der Waals surface area contributed by atoms with E-state index in [0.717, 1.165) is 47.7 Å². The maximum absolute atomic E-state index is 12.6. The molecule has 33 heavy (non-hydrogen) atoms. The number of rotatable bonds is 9. The van der Waals surface area contributed by atoms with E-state index >= 15 is 0 Å². The normalized spacial score (nSPS) is 11.2. The second kappa shape index (κ2) is 10.3. The van der Waals surface area contributed by atoms with Crippen LogP contribution >= 0.6 is 0 Å². The van der Waals surface area contributed by atoms with Gasteiger partial charge in [0.05, 0.1) is 17.6 Å². The van der Waals surface area contributed by atoms with Crippen LogP contribution in [0.25, 0.3) is 11.0 Å². The van der Waals surface area contributed by atoms with Crippen molar-refractivity contribution in [1.29, 1.82) is 0 Å². The third-order valence-electron chi connectivity index (χ3n) is 5.65. The summed E-state index contributed by atoms with van der Waals surface area (Å²) in [6, 6.07) is 23.4. The molecule has 5 heteroatoms. The zero-order chi connectivity index (χ0) is 23.2. The van der Waals surface area contributed by atoms with Crippen molar-refractivity contribution in [3.63, 3.8) is 0 Å². The standard InChI is InChI=1S/C28H31N3O2/c1-4-33-24-13-10-21(11-14-24)18-27-30-25-19-23(29-28(32)22-8-6-5-7-9-22)12-15-26(25)31(27)17-16-20(2)3/h5-15,19-20H,4,16-18H2,1-3H3,(H,29,32). The van der Waals surface area contributed by atoms with Crippen LogP contribution in [0.2, 0.25) is 0 Å². The predicted molar refractivity (Wildman–Crippen MR) is 134 cm³/mol. The summed E-state index contributed by atoms with van der Waals surface area (Å²) in [5, 5.41) is 3.00. The van der Waals surface area contributed by atoms with Gasteiger partial charge in [-0.05, 0) is 67.3 Å². The molecule has 4 rings (SSSR count). The van der Waals surface area contributed by atoms with Crippen molar-refractivity contribution in [2.45, 2.75) is 40.2 Å². The number of hydrogen-bond acceptors (Lipinski definition) is 3. The van der Waals surface area contributed by atoms with E-state index < -0.39 is 0 Å². The van der Waals surface area contributed by atoms with Gasteiger partial charge in [-0.15, -0.1) is 0 Å². The zero-order valence-electron chi connectivity index (χ0n) is 19.5. The molecule has 0 unspecified atom stereocenters. The topological polar surface area (TPSA) is 56.1 Å². The number of aromatic nitrogens is 2. The number of anilines is 1. The third kappa shape index (κ3) is 5.61. The summed E-state index contributed by atoms with van der Waals surface area (Å²) in [6.45, 7) is 8.04. The van der Waals surface area contributed by atoms with Crippen molar-refractivity contribution >= 4 is 22.6 Å². The third-order valence-corrected chi connectivity index (χ3v) is 5.65. The highest BCUT2D eigenvalue weighted by Gasteiger charge is 2.14. The van der Waals surface area contributed by atoms with Crippen LogP contribution in [-0.2, 0) is 13.0 Å². The Labute approximate surface area is 195 Å². The molecule has 0 saturated heterocycles. The molecule has 4 aromatic rings. The largest absolute Gasteiger partial charge is 0.494 e. The maximum atomic E-state index is 12.6. The first kappa shape index (κ1) is 22.6. The Morgan fingerprint density at radius 3 is 2.48 bits per heavy atom. The van der Waals surface area contributed by atoms with E-state index in [1.807, 2.05) is 61.5 Å². The van der Waals surface area contributed by atoms with Crippen LogP contribution in [0.3, 0.4) is 0 Å². The van der Waals surface area contributed by atoms with E-state index in [4.69, 9.17) is 9.72 Å². The lowest BCUT2D eigenvalue weighted by Crippen LogP contribution is -2.11. The second-order valence-corrected chi connectivity index (χ2v) is 8.64. The fourth-order valence-electron chi connectivity index (χ4n) is 3.87. The van der Waals surface area contributed by atoms with Gasteiger partial charge in [0.2, 0.25) is 0 Å². The van der Waals surface area contributed by atoms with Gasteiger partial charge in [0.15, 0.2) is 0 Å². The van der Waals surface area contributed by atoms with Crippen LogP contribution < -0.4 is 10.1 Å². The summed E-state index contributed by atoms with van der Waals surface area (Å²) in [4.78, 5) is 17.5. The van der Waals surface area contributed by atoms with E-state index in [-0.39, 0.29) is 5.91 Å². The predicted octanol–water partition coefficient (Wildman–Crippen LogP) is 6.32. The van der Waals surface area contributed by atoms with Crippen LogP contribution in [0.4, 0.5) is 5.69 Å². The van der Waals surface area contributed by atoms with Gasteiger partial charge in [-0.25, -0.2) is 4.98 Å². The molecule has 170 valence electrons. The minimum absolute atomic E-state index is 0.121. The number of nitrogens with one attached hydrogen (secondary N) is 1. The number of hydrogen-bond donors (Lipinski definition) is 1. The van der Waals surface area contributed by atoms with Crippen LogP contribution in [0.5, 0.6) is 5.75 Å². The number of amides is 1. The van der Waals surface area contributed by atoms with Crippen molar-refractivity contribution < 1.29 is 9.53 Å². The second-order valence-electron chi connectivity index (χ2n) is 8.64. The van der Waals surface area contributed by atoms with Gasteiger partial charge < -0.3 is 14.6 Å². The Hall–Kier alpha value is -3.60. The molecule has 0 fully saturated rings. The fraction of sp³-hybridized carbons (Fsp3) is 0.286. The molecular formula is C28H31N3O2. The summed E-state index contributed by atoms with van der Waals surface area (Å²) < 4.78 is 7.88. The summed E-state index contributed by atoms with van der Waals surface area (Å²) in [7, 11) is 0. The molecule has 5 nitrogen and oxygen atoms in total. The van der Waals surface area contributed by atoms with Gasteiger partial charge in [-0.2, -0.15) is 0 Å². The van der Waals surface area contributed by atoms with Gasteiger partial charge >= 0.3 is 0 Å². The Morgan fingerprint density at radius 2 is 1.79 bits per heavy atom. The summed E-state index contributed by atoms with van der Waals surface area (Å²) >= 11 is 0. The molecule has 0 aliphatic heterocycles. The fourth-order valence-corrected chi connectivity index (χ4v) is 3.87. The first-order chi connectivity index (χ1) is 16.0. The number of nitrogens with zero attached hydrogens (tertiary/aromatic N) is 2. The van der Waals surface area contributed by atoms with Crippen molar-refractivity contribution in [2.24, 2.45) is 5.92 Å². The lowest BCUT2D eigenvalue weighted by molar-refractivity contribution is 0.102. The van der Waals surface area contributed by atoms with Crippen LogP contribution in [0.1, 0.15) is 48.9 Å². The number of carbonyl (C=O) groups is 1. The molecule has 0 atom stereocenters. The first-order valence-electron chi connectivity index (χ1n) is 11.6. The van der Waals surface area contributed by atoms with E-state index in [9.17, 15) is 4.79 Å². The SMILES string of the molecule is CCOc1ccc(Cc2nc3cc(NC(=O)c4ccccc4)ccc3n2CCC(C)C)cc1. The minimum Gasteiger partial charge on any atom is -0.494 e. The average molecular weight is 442 g/mol. The Kier molecular flexibility index (Phi) is 7.08. The lowest BCUT2D eigenvalue weighted by atomic mass is 10.1. The van der Waals surface area contributed by atoms with E-state index in [1.165, 1.54) is 5.56 Å². The number of aryl methyl sites for hydroxylation is 1. The molecule has 0 aliphatic carbocycles. The van der Waals surface area contributed by atoms with Gasteiger partial charge in [0.1, 0.15) is 11.6 Å². The van der Waals surface area contributed by atoms with E-state index in [2.05, 4.69) is 41.9 Å². The van der Waals surface area contributed by atoms with E-state index in [0.29, 0.717) is 18.1 Å². The van der Waals surface area contributed by atoms with Crippen molar-refractivity contribution in [3.05, 3.63) is 89.7 Å². The molecule has 0 bridgehead atoms. The highest BCUT2D eigenvalue weighted by molar-refractivity contribution is 6.04. The average Bonchev–Trinajstić information content (AvgIpc) is 3.15. The van der Waals surface area contributed by atoms with Crippen molar-refractivity contribution in [3.8, 4) is 5.75 Å². The monoisotopic (exact) mass is 441 g/mol. The Balaban J connectivity index is 1.61. The molecule has 1 aromatic heterocycles. The molecule has 0 spiro atoms. The molecule has 1 heterocycles. The summed E-state index contributed by atoms with van der Waals surface area (Å²) in [5.74, 6) is 2.39. The number of carbonyl (C=O) groups excluding carboxylic acids is 1. The Morgan fingerprint density at radius 1 is 1.03 bits per heavy atom. The van der Waals surface area contributed by atoms with Crippen LogP contribution in [-0.4, -0.2) is 22.1 Å². The smallest absolute Gasteiger partial charge is 0.255 e. The molecule has 3 aromatic carbocycles. The number of fused-ring (bicyclic) bond motifs is 1. The van der Waals surface area contributed by atoms with Crippen LogP contribution in [0.15, 0.2) is 72.8 Å². The molecule has 1 N–H and O–H groups in total. The van der Waals surface area contributed by atoms with Crippen LogP contribution in [0, 0.1) is 5.92 Å². The molecular weight excluding hydrogens is 410 g/mol. The van der Waals surface area contributed by atoms with Gasteiger partial charge in [0, 0.05) is 24.2 Å². The number of ether oxygens (including phenoxy) is 1. The molecule has 1 amide bonds. The highest BCUT2D eigenvalue weighted by atomic mass is 16.5. The van der Waals surface area contributed by atoms with Crippen molar-refractivity contribution in [1.82, 2.24) is 9.55 Å². The molecule has 0 saturated carbocycles. The first-order valence-corrected chi connectivity index (χ1v) is 11.6. The van der Waals surface area contributed by atoms with Gasteiger partial charge in [0.25, 0.3) is 5.91 Å². The minimum atomic E-state index is -0.121. The van der Waals surface area contributed by atoms with Gasteiger partial charge in [-0.3, -0.25) is 4.79 Å². The van der Waals surface area contributed by atoms with E-state index in [1.54, 1.807) is 0 Å². The zero-order valence-corrected chi connectivity index (χ0v) is 19.5. The highest BCUT2D eigenvalue weighted by Crippen LogP contribution is 2.24. The molecule has 0 radical (unpaired) electrons. The quantitative estimate of drug-likeness (QED) is 0.330. The Bertz CT molecular complexity index is 1210. The number of imidazole rings is 1. The molecule has 0 aliphatic rings. The maximum Gasteiger partial charge on any atom is 0.255 e. The summed E-state index contributed by atoms with van der Waals surface area (Å²) in [5.41, 5.74) is 4.56. The lowest BCUT2D eigenvalue weighted by Gasteiger charge is -2.12. The van der Waals surface area contributed by atoms with Crippen molar-refractivity contribution in [2.75, 3.05) is 11.9 Å². The van der Waals surface area contributed by atoms with Gasteiger partial charge in [-0.1, -0.05) is 44.2 Å². The summed E-state index contributed by atoms with van der Waals surface area (Å²) in [6.07, 6.45) is 1.82. The number of benzene rings is 3.